The van der Waals surface area contributed by atoms with Crippen LogP contribution in [0.2, 0.25) is 5.02 Å². The molecule has 0 aliphatic heterocycles. The van der Waals surface area contributed by atoms with Crippen LogP contribution < -0.4 is 10.1 Å². The minimum atomic E-state index is 0.570. The van der Waals surface area contributed by atoms with Crippen LogP contribution in [0.4, 0.5) is 0 Å². The molecule has 21 heavy (non-hydrogen) atoms. The Labute approximate surface area is 131 Å². The topological polar surface area (TPSA) is 34.1 Å². The van der Waals surface area contributed by atoms with E-state index in [4.69, 9.17) is 16.3 Å². The summed E-state index contributed by atoms with van der Waals surface area (Å²) in [6.45, 7) is 9.86. The molecular formula is C17H21ClN2O. The van der Waals surface area contributed by atoms with Crippen LogP contribution in [0, 0.1) is 20.8 Å². The highest BCUT2D eigenvalue weighted by atomic mass is 35.5. The highest BCUT2D eigenvalue weighted by Gasteiger charge is 2.08. The number of halogens is 1. The van der Waals surface area contributed by atoms with Crippen molar-refractivity contribution in [3.8, 4) is 11.6 Å². The summed E-state index contributed by atoms with van der Waals surface area (Å²) < 4.78 is 5.95. The maximum absolute atomic E-state index is 6.16. The van der Waals surface area contributed by atoms with E-state index in [1.54, 1.807) is 6.20 Å². The summed E-state index contributed by atoms with van der Waals surface area (Å²) in [4.78, 5) is 4.26. The van der Waals surface area contributed by atoms with Gasteiger partial charge in [0.2, 0.25) is 5.88 Å². The van der Waals surface area contributed by atoms with E-state index < -0.39 is 0 Å². The van der Waals surface area contributed by atoms with E-state index in [1.165, 1.54) is 11.1 Å². The summed E-state index contributed by atoms with van der Waals surface area (Å²) in [6.07, 6.45) is 1.64. The average molecular weight is 305 g/mol. The molecule has 0 aliphatic carbocycles. The maximum atomic E-state index is 6.16. The fourth-order valence-electron chi connectivity index (χ4n) is 2.13. The van der Waals surface area contributed by atoms with Gasteiger partial charge in [-0.3, -0.25) is 0 Å². The average Bonchev–Trinajstić information content (AvgIpc) is 2.44. The van der Waals surface area contributed by atoms with Crippen LogP contribution in [0.15, 0.2) is 24.4 Å². The van der Waals surface area contributed by atoms with Crippen molar-refractivity contribution in [2.45, 2.75) is 34.2 Å². The largest absolute Gasteiger partial charge is 0.439 e. The van der Waals surface area contributed by atoms with Crippen molar-refractivity contribution < 1.29 is 4.74 Å². The maximum Gasteiger partial charge on any atom is 0.219 e. The lowest BCUT2D eigenvalue weighted by molar-refractivity contribution is 0.457. The summed E-state index contributed by atoms with van der Waals surface area (Å²) >= 11 is 6.16. The van der Waals surface area contributed by atoms with Crippen molar-refractivity contribution in [3.63, 3.8) is 0 Å². The van der Waals surface area contributed by atoms with E-state index >= 15 is 0 Å². The molecule has 2 rings (SSSR count). The number of pyridine rings is 1. The smallest absolute Gasteiger partial charge is 0.219 e. The number of hydrogen-bond donors (Lipinski definition) is 1. The molecule has 1 aromatic carbocycles. The van der Waals surface area contributed by atoms with Crippen molar-refractivity contribution in [1.82, 2.24) is 10.3 Å². The van der Waals surface area contributed by atoms with E-state index in [-0.39, 0.29) is 0 Å². The van der Waals surface area contributed by atoms with Crippen LogP contribution in [-0.2, 0) is 6.54 Å². The van der Waals surface area contributed by atoms with Gasteiger partial charge in [0.05, 0.1) is 5.02 Å². The molecule has 0 radical (unpaired) electrons. The second-order valence-electron chi connectivity index (χ2n) is 5.20. The fraction of sp³-hybridized carbons (Fsp3) is 0.353. The van der Waals surface area contributed by atoms with E-state index in [0.29, 0.717) is 17.4 Å². The molecule has 0 unspecified atom stereocenters. The van der Waals surface area contributed by atoms with Gasteiger partial charge in [-0.2, -0.15) is 0 Å². The van der Waals surface area contributed by atoms with Gasteiger partial charge >= 0.3 is 0 Å². The number of rotatable bonds is 5. The standard InChI is InChI=1S/C17H21ClN2O/c1-5-19-9-14-8-17(20-10-15(14)18)21-16-7-11(2)6-12(3)13(16)4/h6-8,10,19H,5,9H2,1-4H3. The van der Waals surface area contributed by atoms with Gasteiger partial charge in [0.1, 0.15) is 5.75 Å². The van der Waals surface area contributed by atoms with Gasteiger partial charge in [0, 0.05) is 18.8 Å². The van der Waals surface area contributed by atoms with Crippen molar-refractivity contribution in [3.05, 3.63) is 51.7 Å². The van der Waals surface area contributed by atoms with E-state index in [9.17, 15) is 0 Å². The number of hydrogen-bond acceptors (Lipinski definition) is 3. The molecule has 3 nitrogen and oxygen atoms in total. The summed E-state index contributed by atoms with van der Waals surface area (Å²) in [5.41, 5.74) is 4.51. The second kappa shape index (κ2) is 6.92. The van der Waals surface area contributed by atoms with E-state index in [0.717, 1.165) is 23.4 Å². The van der Waals surface area contributed by atoms with Crippen LogP contribution in [0.5, 0.6) is 11.6 Å². The third-order valence-electron chi connectivity index (χ3n) is 3.45. The quantitative estimate of drug-likeness (QED) is 0.879. The number of ether oxygens (including phenoxy) is 1. The first-order valence-corrected chi connectivity index (χ1v) is 7.50. The predicted molar refractivity (Wildman–Crippen MR) is 87.4 cm³/mol. The summed E-state index contributed by atoms with van der Waals surface area (Å²) in [7, 11) is 0. The van der Waals surface area contributed by atoms with Crippen molar-refractivity contribution in [1.29, 1.82) is 0 Å². The summed E-state index contributed by atoms with van der Waals surface area (Å²) in [6, 6.07) is 6.07. The molecule has 0 saturated heterocycles. The highest BCUT2D eigenvalue weighted by Crippen LogP contribution is 2.29. The normalized spacial score (nSPS) is 10.7. The van der Waals surface area contributed by atoms with Gasteiger partial charge in [-0.1, -0.05) is 24.6 Å². The Morgan fingerprint density at radius 1 is 1.19 bits per heavy atom. The number of nitrogens with zero attached hydrogens (tertiary/aromatic N) is 1. The molecule has 1 aromatic heterocycles. The first-order valence-electron chi connectivity index (χ1n) is 7.12. The number of benzene rings is 1. The molecule has 0 fully saturated rings. The Kier molecular flexibility index (Phi) is 5.21. The SMILES string of the molecule is CCNCc1cc(Oc2cc(C)cc(C)c2C)ncc1Cl. The first-order chi connectivity index (χ1) is 10.0. The van der Waals surface area contributed by atoms with Gasteiger partial charge in [-0.05, 0) is 55.6 Å². The number of aryl methyl sites for hydroxylation is 2. The molecule has 0 aliphatic rings. The monoisotopic (exact) mass is 304 g/mol. The first kappa shape index (κ1) is 15.8. The molecule has 4 heteroatoms. The fourth-order valence-corrected chi connectivity index (χ4v) is 2.30. The molecular weight excluding hydrogens is 284 g/mol. The Bertz CT molecular complexity index is 641. The molecule has 0 amide bonds. The Balaban J connectivity index is 2.27. The highest BCUT2D eigenvalue weighted by molar-refractivity contribution is 6.31. The lowest BCUT2D eigenvalue weighted by Crippen LogP contribution is -2.12. The Morgan fingerprint density at radius 3 is 2.67 bits per heavy atom. The molecule has 2 aromatic rings. The molecule has 0 bridgehead atoms. The van der Waals surface area contributed by atoms with E-state index in [1.807, 2.05) is 12.1 Å². The summed E-state index contributed by atoms with van der Waals surface area (Å²) in [5.74, 6) is 1.41. The minimum Gasteiger partial charge on any atom is -0.439 e. The Hall–Kier alpha value is -1.58. The van der Waals surface area contributed by atoms with Crippen molar-refractivity contribution in [2.75, 3.05) is 6.54 Å². The van der Waals surface area contributed by atoms with Crippen molar-refractivity contribution >= 4 is 11.6 Å². The number of nitrogens with one attached hydrogen (secondary N) is 1. The van der Waals surface area contributed by atoms with Gasteiger partial charge < -0.3 is 10.1 Å². The molecule has 0 atom stereocenters. The van der Waals surface area contributed by atoms with Crippen LogP contribution in [0.1, 0.15) is 29.2 Å². The zero-order chi connectivity index (χ0) is 15.4. The molecule has 1 N–H and O–H groups in total. The third kappa shape index (κ3) is 3.96. The van der Waals surface area contributed by atoms with E-state index in [2.05, 4.69) is 44.1 Å². The number of aromatic nitrogens is 1. The minimum absolute atomic E-state index is 0.570. The molecule has 112 valence electrons. The second-order valence-corrected chi connectivity index (χ2v) is 5.61. The molecule has 1 heterocycles. The third-order valence-corrected chi connectivity index (χ3v) is 3.79. The lowest BCUT2D eigenvalue weighted by atomic mass is 10.1. The van der Waals surface area contributed by atoms with Gasteiger partial charge in [-0.25, -0.2) is 4.98 Å². The van der Waals surface area contributed by atoms with Crippen LogP contribution in [0.3, 0.4) is 0 Å². The zero-order valence-corrected chi connectivity index (χ0v) is 13.7. The molecule has 0 saturated carbocycles. The zero-order valence-electron chi connectivity index (χ0n) is 13.0. The van der Waals surface area contributed by atoms with Crippen LogP contribution in [0.25, 0.3) is 0 Å². The lowest BCUT2D eigenvalue weighted by Gasteiger charge is -2.13. The molecule has 0 spiro atoms. The Morgan fingerprint density at radius 2 is 1.95 bits per heavy atom. The van der Waals surface area contributed by atoms with Gasteiger partial charge in [0.25, 0.3) is 0 Å². The summed E-state index contributed by atoms with van der Waals surface area (Å²) in [5, 5.41) is 3.91. The van der Waals surface area contributed by atoms with Crippen LogP contribution >= 0.6 is 11.6 Å². The van der Waals surface area contributed by atoms with Crippen molar-refractivity contribution in [2.24, 2.45) is 0 Å². The predicted octanol–water partition coefficient (Wildman–Crippen LogP) is 4.56. The van der Waals surface area contributed by atoms with Gasteiger partial charge in [0.15, 0.2) is 0 Å². The van der Waals surface area contributed by atoms with Gasteiger partial charge in [-0.15, -0.1) is 0 Å². The van der Waals surface area contributed by atoms with Crippen LogP contribution in [-0.4, -0.2) is 11.5 Å².